The Hall–Kier alpha value is -1.75. The molecule has 0 saturated carbocycles. The summed E-state index contributed by atoms with van der Waals surface area (Å²) in [7, 11) is 0. The number of aliphatic hydroxyl groups is 1. The van der Waals surface area contributed by atoms with Crippen LogP contribution in [0.25, 0.3) is 0 Å². The third-order valence-corrected chi connectivity index (χ3v) is 4.03. The predicted molar refractivity (Wildman–Crippen MR) is 79.1 cm³/mol. The molecule has 2 rings (SSSR count). The fourth-order valence-electron chi connectivity index (χ4n) is 2.28. The van der Waals surface area contributed by atoms with Crippen molar-refractivity contribution in [2.75, 3.05) is 0 Å². The molecular formula is C16H22FN3O. The first-order chi connectivity index (χ1) is 9.80. The summed E-state index contributed by atoms with van der Waals surface area (Å²) < 4.78 is 14.6. The number of nitrogens with zero attached hydrogens (tertiary/aromatic N) is 3. The van der Waals surface area contributed by atoms with Crippen LogP contribution in [0, 0.1) is 11.2 Å². The SMILES string of the molecule is CC(C)(C)C(O)(CCc1ccc(F)cc1)Cn1cncn1. The lowest BCUT2D eigenvalue weighted by Crippen LogP contribution is -2.47. The van der Waals surface area contributed by atoms with E-state index in [2.05, 4.69) is 10.1 Å². The number of aryl methyl sites for hydroxylation is 1. The van der Waals surface area contributed by atoms with Crippen LogP contribution in [-0.4, -0.2) is 25.5 Å². The zero-order chi connectivity index (χ0) is 15.5. The Morgan fingerprint density at radius 1 is 1.19 bits per heavy atom. The summed E-state index contributed by atoms with van der Waals surface area (Å²) in [6.45, 7) is 6.41. The van der Waals surface area contributed by atoms with Crippen LogP contribution >= 0.6 is 0 Å². The van der Waals surface area contributed by atoms with Gasteiger partial charge in [-0.1, -0.05) is 32.9 Å². The molecule has 0 amide bonds. The van der Waals surface area contributed by atoms with Gasteiger partial charge in [-0.15, -0.1) is 0 Å². The average molecular weight is 291 g/mol. The third-order valence-electron chi connectivity index (χ3n) is 4.03. The monoisotopic (exact) mass is 291 g/mol. The lowest BCUT2D eigenvalue weighted by Gasteiger charge is -2.40. The molecule has 1 unspecified atom stereocenters. The lowest BCUT2D eigenvalue weighted by molar-refractivity contribution is -0.0796. The van der Waals surface area contributed by atoms with Crippen molar-refractivity contribution in [2.45, 2.75) is 45.8 Å². The second-order valence-corrected chi connectivity index (χ2v) is 6.50. The number of aromatic nitrogens is 3. The Labute approximate surface area is 124 Å². The van der Waals surface area contributed by atoms with E-state index >= 15 is 0 Å². The molecule has 0 fully saturated rings. The molecule has 21 heavy (non-hydrogen) atoms. The van der Waals surface area contributed by atoms with Crippen molar-refractivity contribution < 1.29 is 9.50 Å². The van der Waals surface area contributed by atoms with Gasteiger partial charge in [0.2, 0.25) is 0 Å². The Bertz CT molecular complexity index is 560. The highest BCUT2D eigenvalue weighted by atomic mass is 19.1. The maximum absolute atomic E-state index is 12.9. The summed E-state index contributed by atoms with van der Waals surface area (Å²) in [6, 6.07) is 6.41. The minimum absolute atomic E-state index is 0.243. The van der Waals surface area contributed by atoms with Gasteiger partial charge in [0.25, 0.3) is 0 Å². The van der Waals surface area contributed by atoms with Gasteiger partial charge in [0.1, 0.15) is 18.5 Å². The molecule has 1 heterocycles. The molecule has 2 aromatic rings. The normalized spacial score (nSPS) is 14.9. The summed E-state index contributed by atoms with van der Waals surface area (Å²) in [4.78, 5) is 3.92. The quantitative estimate of drug-likeness (QED) is 0.921. The number of rotatable bonds is 5. The molecule has 1 N–H and O–H groups in total. The van der Waals surface area contributed by atoms with E-state index in [1.807, 2.05) is 20.8 Å². The topological polar surface area (TPSA) is 50.9 Å². The van der Waals surface area contributed by atoms with E-state index in [9.17, 15) is 9.50 Å². The largest absolute Gasteiger partial charge is 0.387 e. The van der Waals surface area contributed by atoms with Crippen LogP contribution in [0.15, 0.2) is 36.9 Å². The van der Waals surface area contributed by atoms with Crippen LogP contribution in [0.4, 0.5) is 4.39 Å². The van der Waals surface area contributed by atoms with Gasteiger partial charge in [-0.05, 0) is 36.0 Å². The van der Waals surface area contributed by atoms with Gasteiger partial charge in [0, 0.05) is 0 Å². The maximum atomic E-state index is 12.9. The molecule has 4 nitrogen and oxygen atoms in total. The van der Waals surface area contributed by atoms with Gasteiger partial charge in [-0.25, -0.2) is 9.37 Å². The van der Waals surface area contributed by atoms with Crippen molar-refractivity contribution in [3.8, 4) is 0 Å². The molecule has 0 saturated heterocycles. The minimum atomic E-state index is -0.922. The van der Waals surface area contributed by atoms with E-state index < -0.39 is 5.60 Å². The number of halogens is 1. The van der Waals surface area contributed by atoms with Gasteiger partial charge in [-0.2, -0.15) is 5.10 Å². The van der Waals surface area contributed by atoms with Crippen molar-refractivity contribution in [2.24, 2.45) is 5.41 Å². The van der Waals surface area contributed by atoms with Gasteiger partial charge in [-0.3, -0.25) is 4.68 Å². The summed E-state index contributed by atoms with van der Waals surface area (Å²) in [6.07, 6.45) is 4.32. The van der Waals surface area contributed by atoms with Crippen molar-refractivity contribution in [1.82, 2.24) is 14.8 Å². The molecule has 0 radical (unpaired) electrons. The van der Waals surface area contributed by atoms with Crippen molar-refractivity contribution in [1.29, 1.82) is 0 Å². The fourth-order valence-corrected chi connectivity index (χ4v) is 2.28. The molecule has 1 aromatic carbocycles. The number of hydrogen-bond donors (Lipinski definition) is 1. The Kier molecular flexibility index (Phi) is 4.42. The maximum Gasteiger partial charge on any atom is 0.137 e. The van der Waals surface area contributed by atoms with Gasteiger partial charge in [0.15, 0.2) is 0 Å². The Balaban J connectivity index is 2.11. The second-order valence-electron chi connectivity index (χ2n) is 6.50. The van der Waals surface area contributed by atoms with E-state index in [0.717, 1.165) is 5.56 Å². The van der Waals surface area contributed by atoms with E-state index in [1.54, 1.807) is 23.1 Å². The molecule has 0 bridgehead atoms. The minimum Gasteiger partial charge on any atom is -0.387 e. The zero-order valence-corrected chi connectivity index (χ0v) is 12.8. The van der Waals surface area contributed by atoms with Crippen LogP contribution in [0.5, 0.6) is 0 Å². The molecule has 5 heteroatoms. The predicted octanol–water partition coefficient (Wildman–Crippen LogP) is 2.83. The summed E-state index contributed by atoms with van der Waals surface area (Å²) in [5.74, 6) is -0.243. The third kappa shape index (κ3) is 3.88. The Morgan fingerprint density at radius 2 is 1.86 bits per heavy atom. The van der Waals surface area contributed by atoms with Gasteiger partial charge in [0.05, 0.1) is 12.1 Å². The smallest absolute Gasteiger partial charge is 0.137 e. The second kappa shape index (κ2) is 5.93. The molecule has 0 aliphatic carbocycles. The van der Waals surface area contributed by atoms with Crippen LogP contribution in [0.1, 0.15) is 32.8 Å². The van der Waals surface area contributed by atoms with Gasteiger partial charge < -0.3 is 5.11 Å². The highest BCUT2D eigenvalue weighted by Gasteiger charge is 2.40. The van der Waals surface area contributed by atoms with E-state index in [-0.39, 0.29) is 11.2 Å². The summed E-state index contributed by atoms with van der Waals surface area (Å²) >= 11 is 0. The summed E-state index contributed by atoms with van der Waals surface area (Å²) in [5, 5.41) is 15.2. The zero-order valence-electron chi connectivity index (χ0n) is 12.8. The van der Waals surface area contributed by atoms with Crippen LogP contribution in [0.3, 0.4) is 0 Å². The first-order valence-corrected chi connectivity index (χ1v) is 7.09. The molecule has 0 aliphatic heterocycles. The highest BCUT2D eigenvalue weighted by molar-refractivity contribution is 5.16. The van der Waals surface area contributed by atoms with Crippen molar-refractivity contribution in [3.63, 3.8) is 0 Å². The van der Waals surface area contributed by atoms with E-state index in [1.165, 1.54) is 18.5 Å². The average Bonchev–Trinajstić information content (AvgIpc) is 2.89. The number of benzene rings is 1. The molecule has 1 atom stereocenters. The molecule has 0 spiro atoms. The van der Waals surface area contributed by atoms with Crippen molar-refractivity contribution >= 4 is 0 Å². The fraction of sp³-hybridized carbons (Fsp3) is 0.500. The van der Waals surface area contributed by atoms with E-state index in [4.69, 9.17) is 0 Å². The van der Waals surface area contributed by atoms with Crippen LogP contribution < -0.4 is 0 Å². The highest BCUT2D eigenvalue weighted by Crippen LogP contribution is 2.35. The first kappa shape index (κ1) is 15.6. The van der Waals surface area contributed by atoms with Crippen molar-refractivity contribution in [3.05, 3.63) is 48.3 Å². The molecule has 0 aliphatic rings. The molecule has 114 valence electrons. The molecular weight excluding hydrogens is 269 g/mol. The molecule has 1 aromatic heterocycles. The first-order valence-electron chi connectivity index (χ1n) is 7.09. The van der Waals surface area contributed by atoms with Crippen LogP contribution in [-0.2, 0) is 13.0 Å². The van der Waals surface area contributed by atoms with Crippen LogP contribution in [0.2, 0.25) is 0 Å². The van der Waals surface area contributed by atoms with E-state index in [0.29, 0.717) is 19.4 Å². The summed E-state index contributed by atoms with van der Waals surface area (Å²) in [5.41, 5.74) is -0.216. The number of hydrogen-bond acceptors (Lipinski definition) is 3. The lowest BCUT2D eigenvalue weighted by atomic mass is 9.73. The van der Waals surface area contributed by atoms with Gasteiger partial charge >= 0.3 is 0 Å². The standard InChI is InChI=1S/C16H22FN3O/c1-15(2,3)16(21,10-20-12-18-11-19-20)9-8-13-4-6-14(17)7-5-13/h4-7,11-12,21H,8-10H2,1-3H3. The Morgan fingerprint density at radius 3 is 2.38 bits per heavy atom.